The number of rotatable bonds is 8. The summed E-state index contributed by atoms with van der Waals surface area (Å²) in [6, 6.07) is 8.69. The third-order valence-electron chi connectivity index (χ3n) is 3.64. The van der Waals surface area contributed by atoms with Gasteiger partial charge in [-0.1, -0.05) is 11.6 Å². The van der Waals surface area contributed by atoms with Crippen LogP contribution in [0.4, 0.5) is 18.9 Å². The summed E-state index contributed by atoms with van der Waals surface area (Å²) in [5.41, 5.74) is -1.17. The van der Waals surface area contributed by atoms with Crippen LogP contribution in [0, 0.1) is 0 Å². The highest BCUT2D eigenvalue weighted by Gasteiger charge is 2.33. The molecule has 158 valence electrons. The molecule has 0 aromatic heterocycles. The van der Waals surface area contributed by atoms with Gasteiger partial charge in [0, 0.05) is 18.7 Å². The van der Waals surface area contributed by atoms with E-state index in [-0.39, 0.29) is 23.5 Å². The summed E-state index contributed by atoms with van der Waals surface area (Å²) >= 11 is 5.52. The molecule has 1 amide bonds. The van der Waals surface area contributed by atoms with Crippen LogP contribution in [-0.2, 0) is 21.0 Å². The quantitative estimate of drug-likeness (QED) is 0.635. The van der Waals surface area contributed by atoms with E-state index in [1.807, 2.05) is 0 Å². The highest BCUT2D eigenvalue weighted by molar-refractivity contribution is 7.89. The van der Waals surface area contributed by atoms with Gasteiger partial charge in [0.2, 0.25) is 15.9 Å². The first kappa shape index (κ1) is 23.0. The summed E-state index contributed by atoms with van der Waals surface area (Å²) in [4.78, 5) is 11.9. The van der Waals surface area contributed by atoms with Crippen LogP contribution >= 0.6 is 11.6 Å². The molecule has 0 saturated heterocycles. The number of alkyl halides is 3. The van der Waals surface area contributed by atoms with Crippen molar-refractivity contribution < 1.29 is 31.1 Å². The number of carbonyl (C=O) groups is 1. The Kier molecular flexibility index (Phi) is 7.50. The van der Waals surface area contributed by atoms with Gasteiger partial charge >= 0.3 is 6.18 Å². The Morgan fingerprint density at radius 1 is 1.14 bits per heavy atom. The van der Waals surface area contributed by atoms with Gasteiger partial charge in [-0.2, -0.15) is 13.2 Å². The number of ether oxygens (including phenoxy) is 1. The zero-order chi connectivity index (χ0) is 21.7. The smallest absolute Gasteiger partial charge is 0.417 e. The summed E-state index contributed by atoms with van der Waals surface area (Å²) < 4.78 is 70.5. The number of anilines is 1. The maximum atomic E-state index is 12.8. The van der Waals surface area contributed by atoms with Crippen LogP contribution in [-0.4, -0.2) is 27.5 Å². The lowest BCUT2D eigenvalue weighted by atomic mass is 10.2. The minimum atomic E-state index is -4.66. The second-order valence-electron chi connectivity index (χ2n) is 5.79. The van der Waals surface area contributed by atoms with Crippen LogP contribution < -0.4 is 14.8 Å². The highest BCUT2D eigenvalue weighted by Crippen LogP contribution is 2.36. The van der Waals surface area contributed by atoms with Gasteiger partial charge in [-0.25, -0.2) is 13.1 Å². The van der Waals surface area contributed by atoms with Crippen LogP contribution in [0.1, 0.15) is 18.9 Å². The summed E-state index contributed by atoms with van der Waals surface area (Å²) in [6.45, 7) is 2.00. The Bertz CT molecular complexity index is 964. The fourth-order valence-electron chi connectivity index (χ4n) is 2.31. The van der Waals surface area contributed by atoms with Crippen LogP contribution in [0.3, 0.4) is 0 Å². The van der Waals surface area contributed by atoms with E-state index in [2.05, 4.69) is 10.0 Å². The van der Waals surface area contributed by atoms with Crippen molar-refractivity contribution in [1.29, 1.82) is 0 Å². The maximum Gasteiger partial charge on any atom is 0.417 e. The third-order valence-corrected chi connectivity index (χ3v) is 5.45. The lowest BCUT2D eigenvalue weighted by Gasteiger charge is -2.12. The van der Waals surface area contributed by atoms with E-state index in [9.17, 15) is 26.4 Å². The van der Waals surface area contributed by atoms with Crippen molar-refractivity contribution >= 4 is 33.2 Å². The summed E-state index contributed by atoms with van der Waals surface area (Å²) in [5.74, 6) is -0.137. The van der Waals surface area contributed by atoms with Gasteiger partial charge in [0.15, 0.2) is 0 Å². The van der Waals surface area contributed by atoms with Crippen molar-refractivity contribution in [3.05, 3.63) is 53.1 Å². The zero-order valence-corrected chi connectivity index (χ0v) is 16.8. The second-order valence-corrected chi connectivity index (χ2v) is 7.97. The molecule has 29 heavy (non-hydrogen) atoms. The number of sulfonamides is 1. The molecule has 0 fully saturated rings. The molecule has 0 aliphatic heterocycles. The normalized spacial score (nSPS) is 11.9. The number of benzene rings is 2. The van der Waals surface area contributed by atoms with Crippen molar-refractivity contribution in [3.63, 3.8) is 0 Å². The molecule has 0 aliphatic carbocycles. The second kappa shape index (κ2) is 9.47. The first-order chi connectivity index (χ1) is 13.5. The highest BCUT2D eigenvalue weighted by atomic mass is 35.5. The number of hydrogen-bond acceptors (Lipinski definition) is 4. The minimum Gasteiger partial charge on any atom is -0.494 e. The Hall–Kier alpha value is -2.30. The van der Waals surface area contributed by atoms with Crippen molar-refractivity contribution in [2.24, 2.45) is 0 Å². The van der Waals surface area contributed by atoms with Gasteiger partial charge in [-0.3, -0.25) is 4.79 Å². The Morgan fingerprint density at radius 3 is 2.38 bits per heavy atom. The molecule has 0 atom stereocenters. The summed E-state index contributed by atoms with van der Waals surface area (Å²) in [6.07, 6.45) is -4.94. The van der Waals surface area contributed by atoms with Crippen LogP contribution in [0.2, 0.25) is 5.02 Å². The number of carbonyl (C=O) groups excluding carboxylic acids is 1. The molecule has 6 nitrogen and oxygen atoms in total. The van der Waals surface area contributed by atoms with Gasteiger partial charge in [0.05, 0.1) is 22.1 Å². The number of halogens is 4. The van der Waals surface area contributed by atoms with Crippen molar-refractivity contribution in [2.75, 3.05) is 18.5 Å². The van der Waals surface area contributed by atoms with Gasteiger partial charge < -0.3 is 10.1 Å². The molecule has 0 heterocycles. The van der Waals surface area contributed by atoms with E-state index in [1.165, 1.54) is 30.3 Å². The van der Waals surface area contributed by atoms with E-state index >= 15 is 0 Å². The standard InChI is InChI=1S/C18H18ClF3N2O4S/c1-2-28-13-4-6-14(7-5-13)29(26,27)23-10-9-17(25)24-12-3-8-16(19)15(11-12)18(20,21)22/h3-8,11,23H,2,9-10H2,1H3,(H,24,25). The van der Waals surface area contributed by atoms with E-state index in [1.54, 1.807) is 6.92 Å². The number of nitrogens with one attached hydrogen (secondary N) is 2. The molecule has 0 unspecified atom stereocenters. The van der Waals surface area contributed by atoms with Crippen molar-refractivity contribution in [2.45, 2.75) is 24.4 Å². The Balaban J connectivity index is 1.92. The molecule has 0 bridgehead atoms. The molecule has 2 aromatic carbocycles. The summed E-state index contributed by atoms with van der Waals surface area (Å²) in [5, 5.41) is 1.79. The van der Waals surface area contributed by atoms with E-state index in [4.69, 9.17) is 16.3 Å². The fraction of sp³-hybridized carbons (Fsp3) is 0.278. The molecule has 11 heteroatoms. The number of amides is 1. The molecule has 0 radical (unpaired) electrons. The van der Waals surface area contributed by atoms with Crippen LogP contribution in [0.15, 0.2) is 47.4 Å². The van der Waals surface area contributed by atoms with Crippen molar-refractivity contribution in [1.82, 2.24) is 4.72 Å². The molecule has 0 saturated carbocycles. The van der Waals surface area contributed by atoms with Gasteiger partial charge in [0.1, 0.15) is 5.75 Å². The summed E-state index contributed by atoms with van der Waals surface area (Å²) in [7, 11) is -3.84. The van der Waals surface area contributed by atoms with Crippen LogP contribution in [0.25, 0.3) is 0 Å². The predicted octanol–water partition coefficient (Wildman–Crippen LogP) is 4.06. The number of hydrogen-bond donors (Lipinski definition) is 2. The molecule has 0 spiro atoms. The largest absolute Gasteiger partial charge is 0.494 e. The SMILES string of the molecule is CCOc1ccc(S(=O)(=O)NCCC(=O)Nc2ccc(Cl)c(C(F)(F)F)c2)cc1. The molecule has 2 N–H and O–H groups in total. The minimum absolute atomic E-state index is 0.00567. The Morgan fingerprint density at radius 2 is 1.79 bits per heavy atom. The lowest BCUT2D eigenvalue weighted by molar-refractivity contribution is -0.137. The monoisotopic (exact) mass is 450 g/mol. The molecule has 2 rings (SSSR count). The topological polar surface area (TPSA) is 84.5 Å². The molecular weight excluding hydrogens is 433 g/mol. The average Bonchev–Trinajstić information content (AvgIpc) is 2.63. The van der Waals surface area contributed by atoms with Crippen LogP contribution in [0.5, 0.6) is 5.75 Å². The van der Waals surface area contributed by atoms with Crippen molar-refractivity contribution in [3.8, 4) is 5.75 Å². The first-order valence-electron chi connectivity index (χ1n) is 8.42. The zero-order valence-electron chi connectivity index (χ0n) is 15.2. The first-order valence-corrected chi connectivity index (χ1v) is 10.3. The van der Waals surface area contributed by atoms with E-state index < -0.39 is 32.7 Å². The van der Waals surface area contributed by atoms with E-state index in [0.29, 0.717) is 18.4 Å². The average molecular weight is 451 g/mol. The molecular formula is C18H18ClF3N2O4S. The Labute approximate surface area is 171 Å². The molecule has 0 aliphatic rings. The molecule has 2 aromatic rings. The predicted molar refractivity (Wildman–Crippen MR) is 103 cm³/mol. The van der Waals surface area contributed by atoms with Gasteiger partial charge in [-0.05, 0) is 49.4 Å². The van der Waals surface area contributed by atoms with E-state index in [0.717, 1.165) is 6.07 Å². The fourth-order valence-corrected chi connectivity index (χ4v) is 3.56. The third kappa shape index (κ3) is 6.62. The van der Waals surface area contributed by atoms with Gasteiger partial charge in [0.25, 0.3) is 0 Å². The maximum absolute atomic E-state index is 12.8. The van der Waals surface area contributed by atoms with Gasteiger partial charge in [-0.15, -0.1) is 0 Å². The lowest BCUT2D eigenvalue weighted by Crippen LogP contribution is -2.27.